The summed E-state index contributed by atoms with van der Waals surface area (Å²) in [4.78, 5) is 9.07. The molecule has 0 amide bonds. The van der Waals surface area contributed by atoms with Crippen molar-refractivity contribution in [3.8, 4) is 5.69 Å². The molecule has 2 aromatic heterocycles. The van der Waals surface area contributed by atoms with Crippen molar-refractivity contribution in [2.45, 2.75) is 6.42 Å². The second-order valence-corrected chi connectivity index (χ2v) is 6.39. The van der Waals surface area contributed by atoms with E-state index in [9.17, 15) is 0 Å². The highest BCUT2D eigenvalue weighted by Crippen LogP contribution is 2.29. The summed E-state index contributed by atoms with van der Waals surface area (Å²) < 4.78 is 4.05. The molecule has 0 atom stereocenters. The van der Waals surface area contributed by atoms with Crippen molar-refractivity contribution in [1.29, 1.82) is 0 Å². The molecule has 0 aliphatic heterocycles. The number of hydrogen-bond acceptors (Lipinski definition) is 2. The molecule has 0 bridgehead atoms. The van der Waals surface area contributed by atoms with Crippen molar-refractivity contribution in [2.75, 3.05) is 5.88 Å². The van der Waals surface area contributed by atoms with Gasteiger partial charge in [-0.25, -0.2) is 9.97 Å². The molecule has 3 nitrogen and oxygen atoms in total. The second kappa shape index (κ2) is 5.84. The van der Waals surface area contributed by atoms with E-state index in [1.54, 1.807) is 6.20 Å². The van der Waals surface area contributed by atoms with E-state index in [1.165, 1.54) is 0 Å². The maximum atomic E-state index is 5.90. The molecule has 6 heteroatoms. The SMILES string of the molecule is ClCCc1nc2cccnc2n1-c1ccc(Br)cc1Br. The van der Waals surface area contributed by atoms with Crippen LogP contribution in [0.15, 0.2) is 45.5 Å². The van der Waals surface area contributed by atoms with Gasteiger partial charge in [-0.3, -0.25) is 4.57 Å². The standard InChI is InChI=1S/C14H10Br2ClN3/c15-9-3-4-12(10(16)8-9)20-13(5-6-17)19-11-2-1-7-18-14(11)20/h1-4,7-8H,5-6H2. The molecule has 0 unspecified atom stereocenters. The van der Waals surface area contributed by atoms with Crippen molar-refractivity contribution >= 4 is 54.6 Å². The van der Waals surface area contributed by atoms with Crippen LogP contribution in [0.4, 0.5) is 0 Å². The average molecular weight is 416 g/mol. The van der Waals surface area contributed by atoms with Crippen molar-refractivity contribution in [2.24, 2.45) is 0 Å². The van der Waals surface area contributed by atoms with Crippen LogP contribution in [0, 0.1) is 0 Å². The quantitative estimate of drug-likeness (QED) is 0.579. The predicted molar refractivity (Wildman–Crippen MR) is 88.7 cm³/mol. The Morgan fingerprint density at radius 2 is 2.05 bits per heavy atom. The monoisotopic (exact) mass is 413 g/mol. The summed E-state index contributed by atoms with van der Waals surface area (Å²) in [5.74, 6) is 1.44. The number of nitrogens with zero attached hydrogens (tertiary/aromatic N) is 3. The molecule has 20 heavy (non-hydrogen) atoms. The van der Waals surface area contributed by atoms with Crippen LogP contribution >= 0.6 is 43.5 Å². The lowest BCUT2D eigenvalue weighted by atomic mass is 10.3. The molecule has 0 N–H and O–H groups in total. The summed E-state index contributed by atoms with van der Waals surface area (Å²) in [5.41, 5.74) is 2.73. The highest BCUT2D eigenvalue weighted by Gasteiger charge is 2.15. The van der Waals surface area contributed by atoms with Crippen LogP contribution in [0.5, 0.6) is 0 Å². The van der Waals surface area contributed by atoms with Gasteiger partial charge in [0.15, 0.2) is 5.65 Å². The van der Waals surface area contributed by atoms with E-state index in [4.69, 9.17) is 11.6 Å². The molecule has 0 saturated heterocycles. The minimum Gasteiger partial charge on any atom is -0.280 e. The number of pyridine rings is 1. The Kier molecular flexibility index (Phi) is 4.10. The van der Waals surface area contributed by atoms with Gasteiger partial charge in [0.1, 0.15) is 11.3 Å². The lowest BCUT2D eigenvalue weighted by Crippen LogP contribution is -2.03. The first-order chi connectivity index (χ1) is 9.70. The van der Waals surface area contributed by atoms with Gasteiger partial charge in [0, 0.05) is 27.4 Å². The summed E-state index contributed by atoms with van der Waals surface area (Å²) >= 11 is 13.0. The third-order valence-electron chi connectivity index (χ3n) is 2.95. The highest BCUT2D eigenvalue weighted by atomic mass is 79.9. The molecular formula is C14H10Br2ClN3. The molecule has 2 heterocycles. The zero-order valence-electron chi connectivity index (χ0n) is 10.4. The first-order valence-electron chi connectivity index (χ1n) is 6.04. The van der Waals surface area contributed by atoms with Crippen molar-refractivity contribution in [1.82, 2.24) is 14.5 Å². The molecule has 102 valence electrons. The smallest absolute Gasteiger partial charge is 0.164 e. The van der Waals surface area contributed by atoms with Crippen LogP contribution < -0.4 is 0 Å². The lowest BCUT2D eigenvalue weighted by molar-refractivity contribution is 0.902. The van der Waals surface area contributed by atoms with Crippen LogP contribution in [0.3, 0.4) is 0 Å². The minimum atomic E-state index is 0.525. The van der Waals surface area contributed by atoms with Crippen molar-refractivity contribution in [3.63, 3.8) is 0 Å². The molecule has 0 radical (unpaired) electrons. The Hall–Kier alpha value is -0.910. The molecule has 0 spiro atoms. The normalized spacial score (nSPS) is 11.2. The van der Waals surface area contributed by atoms with E-state index >= 15 is 0 Å². The zero-order valence-corrected chi connectivity index (χ0v) is 14.3. The number of benzene rings is 1. The van der Waals surface area contributed by atoms with Gasteiger partial charge in [0.25, 0.3) is 0 Å². The Morgan fingerprint density at radius 1 is 1.20 bits per heavy atom. The third kappa shape index (κ3) is 2.50. The molecule has 0 aliphatic rings. The van der Waals surface area contributed by atoms with Crippen LogP contribution in [-0.2, 0) is 6.42 Å². The molecule has 0 fully saturated rings. The number of imidazole rings is 1. The summed E-state index contributed by atoms with van der Waals surface area (Å²) in [7, 11) is 0. The van der Waals surface area contributed by atoms with E-state index in [2.05, 4.69) is 41.8 Å². The molecule has 3 aromatic rings. The fourth-order valence-electron chi connectivity index (χ4n) is 2.13. The summed E-state index contributed by atoms with van der Waals surface area (Å²) in [5, 5.41) is 0. The topological polar surface area (TPSA) is 30.7 Å². The second-order valence-electron chi connectivity index (χ2n) is 4.24. The molecule has 1 aromatic carbocycles. The van der Waals surface area contributed by atoms with Gasteiger partial charge in [-0.05, 0) is 46.3 Å². The number of alkyl halides is 1. The zero-order chi connectivity index (χ0) is 14.1. The van der Waals surface area contributed by atoms with Crippen molar-refractivity contribution in [3.05, 3.63) is 51.3 Å². The van der Waals surface area contributed by atoms with Gasteiger partial charge < -0.3 is 0 Å². The number of hydrogen-bond donors (Lipinski definition) is 0. The van der Waals surface area contributed by atoms with E-state index in [0.29, 0.717) is 12.3 Å². The third-order valence-corrected chi connectivity index (χ3v) is 4.27. The summed E-state index contributed by atoms with van der Waals surface area (Å²) in [6.07, 6.45) is 2.47. The number of aryl methyl sites for hydroxylation is 1. The Labute approximate surface area is 138 Å². The van der Waals surface area contributed by atoms with E-state index < -0.39 is 0 Å². The minimum absolute atomic E-state index is 0.525. The van der Waals surface area contributed by atoms with Gasteiger partial charge in [0.2, 0.25) is 0 Å². The van der Waals surface area contributed by atoms with E-state index in [0.717, 1.165) is 31.6 Å². The Morgan fingerprint density at radius 3 is 2.80 bits per heavy atom. The van der Waals surface area contributed by atoms with Gasteiger partial charge >= 0.3 is 0 Å². The molecule has 3 rings (SSSR count). The Balaban J connectivity index is 2.30. The Bertz CT molecular complexity index is 770. The first kappa shape index (κ1) is 14.0. The highest BCUT2D eigenvalue weighted by molar-refractivity contribution is 9.11. The van der Waals surface area contributed by atoms with Crippen molar-refractivity contribution < 1.29 is 0 Å². The molecule has 0 aliphatic carbocycles. The number of halogens is 3. The van der Waals surface area contributed by atoms with Crippen LogP contribution in [-0.4, -0.2) is 20.4 Å². The number of fused-ring (bicyclic) bond motifs is 1. The fraction of sp³-hybridized carbons (Fsp3) is 0.143. The van der Waals surface area contributed by atoms with Crippen LogP contribution in [0.1, 0.15) is 5.82 Å². The fourth-order valence-corrected chi connectivity index (χ4v) is 3.52. The van der Waals surface area contributed by atoms with Gasteiger partial charge in [-0.1, -0.05) is 15.9 Å². The predicted octanol–water partition coefficient (Wildman–Crippen LogP) is 4.73. The van der Waals surface area contributed by atoms with E-state index in [-0.39, 0.29) is 0 Å². The van der Waals surface area contributed by atoms with E-state index in [1.807, 2.05) is 34.9 Å². The average Bonchev–Trinajstić information content (AvgIpc) is 2.78. The number of rotatable bonds is 3. The maximum absolute atomic E-state index is 5.90. The summed E-state index contributed by atoms with van der Waals surface area (Å²) in [6, 6.07) is 9.89. The van der Waals surface area contributed by atoms with Gasteiger partial charge in [-0.15, -0.1) is 11.6 Å². The molecule has 0 saturated carbocycles. The molecular weight excluding hydrogens is 405 g/mol. The summed E-state index contributed by atoms with van der Waals surface area (Å²) in [6.45, 7) is 0. The maximum Gasteiger partial charge on any atom is 0.164 e. The largest absolute Gasteiger partial charge is 0.280 e. The van der Waals surface area contributed by atoms with Crippen LogP contribution in [0.2, 0.25) is 0 Å². The van der Waals surface area contributed by atoms with Gasteiger partial charge in [0.05, 0.1) is 5.69 Å². The van der Waals surface area contributed by atoms with Crippen LogP contribution in [0.25, 0.3) is 16.9 Å². The van der Waals surface area contributed by atoms with Gasteiger partial charge in [-0.2, -0.15) is 0 Å². The first-order valence-corrected chi connectivity index (χ1v) is 8.16. The lowest BCUT2D eigenvalue weighted by Gasteiger charge is -2.10. The number of aromatic nitrogens is 3.